The van der Waals surface area contributed by atoms with Crippen molar-refractivity contribution in [1.29, 1.82) is 0 Å². The zero-order chi connectivity index (χ0) is 29.5. The van der Waals surface area contributed by atoms with Crippen LogP contribution in [0.2, 0.25) is 0 Å². The highest BCUT2D eigenvalue weighted by atomic mass is 16.6. The fraction of sp³-hybridized carbons (Fsp3) is 0.321. The lowest BCUT2D eigenvalue weighted by atomic mass is 9.81. The highest BCUT2D eigenvalue weighted by Gasteiger charge is 2.34. The summed E-state index contributed by atoms with van der Waals surface area (Å²) >= 11 is 0. The monoisotopic (exact) mass is 580 g/mol. The minimum atomic E-state index is -1.05. The van der Waals surface area contributed by atoms with Gasteiger partial charge in [-0.3, -0.25) is 25.7 Å². The third-order valence-electron chi connectivity index (χ3n) is 6.57. The van der Waals surface area contributed by atoms with Crippen molar-refractivity contribution in [2.45, 2.75) is 6.10 Å². The van der Waals surface area contributed by atoms with E-state index < -0.39 is 27.3 Å². The molecule has 14 nitrogen and oxygen atoms in total. The smallest absolute Gasteiger partial charge is 0.301 e. The molecule has 220 valence electrons. The van der Waals surface area contributed by atoms with E-state index in [0.717, 1.165) is 12.1 Å². The summed E-state index contributed by atoms with van der Waals surface area (Å²) in [6.45, 7) is 2.48. The summed E-state index contributed by atoms with van der Waals surface area (Å²) in [4.78, 5) is 21.5. The Morgan fingerprint density at radius 2 is 1.26 bits per heavy atom. The molecule has 3 aromatic rings. The lowest BCUT2D eigenvalue weighted by Gasteiger charge is -2.29. The van der Waals surface area contributed by atoms with Crippen molar-refractivity contribution >= 4 is 22.8 Å². The first-order valence-corrected chi connectivity index (χ1v) is 13.2. The van der Waals surface area contributed by atoms with E-state index in [1.807, 2.05) is 0 Å². The van der Waals surface area contributed by atoms with Gasteiger partial charge in [0.1, 0.15) is 42.2 Å². The van der Waals surface area contributed by atoms with Gasteiger partial charge < -0.3 is 28.8 Å². The predicted octanol–water partition coefficient (Wildman–Crippen LogP) is 3.58. The molecule has 2 aliphatic rings. The topological polar surface area (TPSA) is 177 Å². The van der Waals surface area contributed by atoms with Gasteiger partial charge in [0.25, 0.3) is 5.69 Å². The fourth-order valence-corrected chi connectivity index (χ4v) is 4.66. The van der Waals surface area contributed by atoms with Crippen LogP contribution in [0, 0.1) is 20.2 Å². The number of aliphatic hydroxyl groups excluding tert-OH is 1. The number of rotatable bonds is 4. The number of nitrogens with one attached hydrogen (secondary N) is 1. The van der Waals surface area contributed by atoms with E-state index in [0.29, 0.717) is 65.9 Å². The Kier molecular flexibility index (Phi) is 9.18. The van der Waals surface area contributed by atoms with Crippen molar-refractivity contribution in [2.24, 2.45) is 5.10 Å². The summed E-state index contributed by atoms with van der Waals surface area (Å²) in [7, 11) is 0. The molecule has 1 aliphatic carbocycles. The summed E-state index contributed by atoms with van der Waals surface area (Å²) in [5, 5.41) is 38.9. The molecule has 0 aromatic heterocycles. The van der Waals surface area contributed by atoms with Gasteiger partial charge in [0, 0.05) is 6.07 Å². The summed E-state index contributed by atoms with van der Waals surface area (Å²) in [6.07, 6.45) is -1.05. The van der Waals surface area contributed by atoms with Gasteiger partial charge in [-0.2, -0.15) is 5.10 Å². The van der Waals surface area contributed by atoms with Crippen molar-refractivity contribution < 1.29 is 38.6 Å². The summed E-state index contributed by atoms with van der Waals surface area (Å²) < 4.78 is 28.8. The lowest BCUT2D eigenvalue weighted by Crippen LogP contribution is -2.24. The summed E-state index contributed by atoms with van der Waals surface area (Å²) in [5.74, 6) is 0.796. The SMILES string of the molecule is O=[N+]([O-])c1ccc(NN=C2c3c4cccc3C(O)c3cccc(c32)OCCOCCOCCOCCO4)c([N+](=O)[O-])c1. The Labute approximate surface area is 239 Å². The van der Waals surface area contributed by atoms with Crippen LogP contribution in [0.15, 0.2) is 59.7 Å². The second kappa shape index (κ2) is 13.4. The minimum Gasteiger partial charge on any atom is -0.490 e. The molecule has 3 aromatic carbocycles. The molecular formula is C28H28N4O10. The molecule has 2 bridgehead atoms. The molecule has 0 atom stereocenters. The number of ether oxygens (including phenoxy) is 5. The molecule has 0 radical (unpaired) electrons. The van der Waals surface area contributed by atoms with E-state index in [1.54, 1.807) is 36.4 Å². The average molecular weight is 581 g/mol. The first-order valence-electron chi connectivity index (χ1n) is 13.2. The van der Waals surface area contributed by atoms with Crippen molar-refractivity contribution in [3.63, 3.8) is 0 Å². The van der Waals surface area contributed by atoms with Crippen LogP contribution in [-0.4, -0.2) is 73.5 Å². The highest BCUT2D eigenvalue weighted by Crippen LogP contribution is 2.43. The van der Waals surface area contributed by atoms with Gasteiger partial charge in [-0.25, -0.2) is 0 Å². The number of non-ortho nitro benzene ring substituents is 1. The van der Waals surface area contributed by atoms with Crippen molar-refractivity contribution in [1.82, 2.24) is 0 Å². The molecule has 0 spiro atoms. The van der Waals surface area contributed by atoms with Gasteiger partial charge in [0.2, 0.25) is 0 Å². The number of nitro groups is 2. The molecule has 5 rings (SSSR count). The van der Waals surface area contributed by atoms with Crippen molar-refractivity contribution in [3.05, 3.63) is 97.1 Å². The third-order valence-corrected chi connectivity index (χ3v) is 6.57. The summed E-state index contributed by atoms with van der Waals surface area (Å²) in [6, 6.07) is 13.6. The Morgan fingerprint density at radius 1 is 0.738 bits per heavy atom. The van der Waals surface area contributed by atoms with Crippen LogP contribution < -0.4 is 14.9 Å². The zero-order valence-electron chi connectivity index (χ0n) is 22.4. The molecule has 14 heteroatoms. The Hall–Kier alpha value is -4.63. The van der Waals surface area contributed by atoms with Crippen LogP contribution >= 0.6 is 0 Å². The van der Waals surface area contributed by atoms with E-state index in [4.69, 9.17) is 23.7 Å². The van der Waals surface area contributed by atoms with Crippen LogP contribution in [0.4, 0.5) is 17.1 Å². The quantitative estimate of drug-likeness (QED) is 0.340. The van der Waals surface area contributed by atoms with Crippen molar-refractivity contribution in [3.8, 4) is 11.5 Å². The molecule has 0 unspecified atom stereocenters. The zero-order valence-corrected chi connectivity index (χ0v) is 22.4. The van der Waals surface area contributed by atoms with Gasteiger partial charge in [-0.15, -0.1) is 0 Å². The molecule has 2 N–H and O–H groups in total. The van der Waals surface area contributed by atoms with E-state index in [9.17, 15) is 25.3 Å². The number of aliphatic hydroxyl groups is 1. The van der Waals surface area contributed by atoms with Crippen LogP contribution in [0.5, 0.6) is 11.5 Å². The maximum Gasteiger partial charge on any atom is 0.301 e. The molecule has 0 saturated heterocycles. The molecular weight excluding hydrogens is 552 g/mol. The fourth-order valence-electron chi connectivity index (χ4n) is 4.66. The Bertz CT molecular complexity index is 1430. The average Bonchev–Trinajstić information content (AvgIpc) is 2.99. The molecule has 0 fully saturated rings. The number of hydrogen-bond donors (Lipinski definition) is 2. The number of benzene rings is 3. The molecule has 0 amide bonds. The largest absolute Gasteiger partial charge is 0.490 e. The standard InChI is InChI=1S/C28H28N4O10/c33-28-19-3-1-5-23-25(19)27(30-29-21-8-7-18(31(34)35)17-22(21)32(36)37)26-20(28)4-2-6-24(26)42-16-14-40-12-10-38-9-11-39-13-15-41-23/h1-8,17,28-29,33H,9-16H2. The second-order valence-electron chi connectivity index (χ2n) is 9.17. The maximum absolute atomic E-state index is 11.8. The second-order valence-corrected chi connectivity index (χ2v) is 9.17. The van der Waals surface area contributed by atoms with Gasteiger partial charge in [-0.05, 0) is 29.3 Å². The molecule has 42 heavy (non-hydrogen) atoms. The van der Waals surface area contributed by atoms with Gasteiger partial charge in [0.15, 0.2) is 0 Å². The van der Waals surface area contributed by atoms with E-state index in [1.165, 1.54) is 6.07 Å². The predicted molar refractivity (Wildman–Crippen MR) is 149 cm³/mol. The molecule has 1 heterocycles. The van der Waals surface area contributed by atoms with Crippen LogP contribution in [-0.2, 0) is 14.2 Å². The Morgan fingerprint density at radius 3 is 1.76 bits per heavy atom. The van der Waals surface area contributed by atoms with Crippen LogP contribution in [0.1, 0.15) is 28.4 Å². The lowest BCUT2D eigenvalue weighted by molar-refractivity contribution is -0.393. The Balaban J connectivity index is 1.61. The number of nitro benzene ring substituents is 2. The number of hydrogen-bond acceptors (Lipinski definition) is 12. The third kappa shape index (κ3) is 6.31. The van der Waals surface area contributed by atoms with Gasteiger partial charge >= 0.3 is 5.69 Å². The number of anilines is 1. The minimum absolute atomic E-state index is 0.0670. The number of hydrazone groups is 1. The van der Waals surface area contributed by atoms with Crippen LogP contribution in [0.3, 0.4) is 0 Å². The molecule has 1 aliphatic heterocycles. The van der Waals surface area contributed by atoms with Crippen molar-refractivity contribution in [2.75, 3.05) is 58.3 Å². The van der Waals surface area contributed by atoms with Gasteiger partial charge in [-0.1, -0.05) is 24.3 Å². The first kappa shape index (κ1) is 28.9. The van der Waals surface area contributed by atoms with Gasteiger partial charge in [0.05, 0.1) is 66.7 Å². The summed E-state index contributed by atoms with van der Waals surface area (Å²) in [5.41, 5.74) is 3.89. The normalized spacial score (nSPS) is 17.5. The van der Waals surface area contributed by atoms with E-state index in [-0.39, 0.29) is 32.1 Å². The number of nitrogens with zero attached hydrogens (tertiary/aromatic N) is 3. The van der Waals surface area contributed by atoms with E-state index >= 15 is 0 Å². The maximum atomic E-state index is 11.8. The van der Waals surface area contributed by atoms with E-state index in [2.05, 4.69) is 10.5 Å². The van der Waals surface area contributed by atoms with Crippen LogP contribution in [0.25, 0.3) is 0 Å². The molecule has 0 saturated carbocycles. The highest BCUT2D eigenvalue weighted by molar-refractivity contribution is 6.19. The first-order chi connectivity index (χ1) is 20.5.